The second-order valence-electron chi connectivity index (χ2n) is 4.27. The summed E-state index contributed by atoms with van der Waals surface area (Å²) in [4.78, 5) is 36.5. The van der Waals surface area contributed by atoms with Crippen molar-refractivity contribution in [3.8, 4) is 0 Å². The third-order valence-electron chi connectivity index (χ3n) is 3.16. The lowest BCUT2D eigenvalue weighted by Gasteiger charge is -2.02. The molecule has 0 saturated carbocycles. The Morgan fingerprint density at radius 1 is 1.11 bits per heavy atom. The van der Waals surface area contributed by atoms with E-state index in [-0.39, 0.29) is 22.6 Å². The molecule has 5 heteroatoms. The Hall–Kier alpha value is -2.69. The lowest BCUT2D eigenvalue weighted by molar-refractivity contribution is 0.0743. The van der Waals surface area contributed by atoms with E-state index in [9.17, 15) is 14.4 Å². The lowest BCUT2D eigenvalue weighted by Crippen LogP contribution is -2.25. The quantitative estimate of drug-likeness (QED) is 0.501. The fourth-order valence-electron chi connectivity index (χ4n) is 2.27. The molecule has 1 unspecified atom stereocenters. The van der Waals surface area contributed by atoms with Crippen molar-refractivity contribution in [2.45, 2.75) is 0 Å². The third-order valence-corrected chi connectivity index (χ3v) is 3.16. The van der Waals surface area contributed by atoms with E-state index in [2.05, 4.69) is 0 Å². The van der Waals surface area contributed by atoms with Gasteiger partial charge in [0, 0.05) is 11.3 Å². The molecule has 3 rings (SSSR count). The predicted molar refractivity (Wildman–Crippen MR) is 66.0 cm³/mol. The zero-order chi connectivity index (χ0) is 13.6. The van der Waals surface area contributed by atoms with Crippen LogP contribution in [0, 0.1) is 5.92 Å². The summed E-state index contributed by atoms with van der Waals surface area (Å²) in [6, 6.07) is 7.57. The average molecular weight is 255 g/mol. The number of nitrogens with two attached hydrogens (primary N) is 1. The van der Waals surface area contributed by atoms with Crippen LogP contribution in [0.25, 0.3) is 0 Å². The lowest BCUT2D eigenvalue weighted by atomic mass is 9.97. The molecule has 1 aromatic carbocycles. The van der Waals surface area contributed by atoms with Crippen LogP contribution in [0.5, 0.6) is 0 Å². The molecular formula is C14H9NO4. The van der Waals surface area contributed by atoms with Crippen molar-refractivity contribution in [2.24, 2.45) is 5.92 Å². The number of benzene rings is 1. The molecule has 1 aromatic heterocycles. The van der Waals surface area contributed by atoms with Crippen molar-refractivity contribution in [1.29, 1.82) is 0 Å². The molecule has 1 aliphatic rings. The van der Waals surface area contributed by atoms with Gasteiger partial charge in [0.05, 0.1) is 11.8 Å². The highest BCUT2D eigenvalue weighted by Crippen LogP contribution is 2.32. The Bertz CT molecular complexity index is 700. The highest BCUT2D eigenvalue weighted by Gasteiger charge is 2.45. The molecule has 1 heterocycles. The second kappa shape index (κ2) is 3.91. The van der Waals surface area contributed by atoms with Gasteiger partial charge in [-0.3, -0.25) is 14.4 Å². The van der Waals surface area contributed by atoms with E-state index in [0.717, 1.165) is 0 Å². The van der Waals surface area contributed by atoms with Gasteiger partial charge < -0.3 is 10.2 Å². The fraction of sp³-hybridized carbons (Fsp3) is 0.0714. The van der Waals surface area contributed by atoms with Gasteiger partial charge in [-0.15, -0.1) is 0 Å². The monoisotopic (exact) mass is 255 g/mol. The number of fused-ring (bicyclic) bond motifs is 1. The number of ketones is 3. The molecule has 0 bridgehead atoms. The number of furan rings is 1. The largest absolute Gasteiger partial charge is 0.461 e. The van der Waals surface area contributed by atoms with Crippen LogP contribution in [0.2, 0.25) is 0 Å². The summed E-state index contributed by atoms with van der Waals surface area (Å²) >= 11 is 0. The molecule has 94 valence electrons. The van der Waals surface area contributed by atoms with E-state index < -0.39 is 23.3 Å². The summed E-state index contributed by atoms with van der Waals surface area (Å²) in [6.07, 6.45) is 1.32. The number of hydrogen-bond acceptors (Lipinski definition) is 5. The second-order valence-corrected chi connectivity index (χ2v) is 4.27. The van der Waals surface area contributed by atoms with E-state index in [1.807, 2.05) is 0 Å². The standard InChI is InChI=1S/C14H9NO4/c15-8-4-1-3-7-10(8)14(18)11(12(7)16)13(17)9-5-2-6-19-9/h1-6,11H,15H2. The molecule has 0 saturated heterocycles. The number of hydrogen-bond donors (Lipinski definition) is 1. The number of carbonyl (C=O) groups is 3. The van der Waals surface area contributed by atoms with Crippen molar-refractivity contribution in [3.05, 3.63) is 53.5 Å². The highest BCUT2D eigenvalue weighted by atomic mass is 16.3. The van der Waals surface area contributed by atoms with Gasteiger partial charge in [-0.05, 0) is 18.2 Å². The third kappa shape index (κ3) is 1.52. The fourth-order valence-corrected chi connectivity index (χ4v) is 2.27. The number of nitrogen functional groups attached to an aromatic ring is 1. The first-order chi connectivity index (χ1) is 9.11. The van der Waals surface area contributed by atoms with Crippen LogP contribution in [-0.2, 0) is 0 Å². The molecule has 1 aliphatic carbocycles. The first-order valence-electron chi connectivity index (χ1n) is 5.66. The van der Waals surface area contributed by atoms with Crippen molar-refractivity contribution in [2.75, 3.05) is 5.73 Å². The maximum absolute atomic E-state index is 12.2. The van der Waals surface area contributed by atoms with E-state index in [0.29, 0.717) is 0 Å². The average Bonchev–Trinajstić information content (AvgIpc) is 2.98. The van der Waals surface area contributed by atoms with E-state index in [1.165, 1.54) is 30.5 Å². The Labute approximate surface area is 108 Å². The summed E-state index contributed by atoms with van der Waals surface area (Å²) in [6.45, 7) is 0. The van der Waals surface area contributed by atoms with Crippen molar-refractivity contribution < 1.29 is 18.8 Å². The minimum Gasteiger partial charge on any atom is -0.461 e. The molecule has 1 atom stereocenters. The van der Waals surface area contributed by atoms with E-state index in [1.54, 1.807) is 6.07 Å². The van der Waals surface area contributed by atoms with Gasteiger partial charge in [-0.2, -0.15) is 0 Å². The zero-order valence-electron chi connectivity index (χ0n) is 9.75. The van der Waals surface area contributed by atoms with Crippen LogP contribution < -0.4 is 5.73 Å². The smallest absolute Gasteiger partial charge is 0.216 e. The van der Waals surface area contributed by atoms with Crippen LogP contribution in [0.1, 0.15) is 31.3 Å². The summed E-state index contributed by atoms with van der Waals surface area (Å²) in [5, 5.41) is 0. The molecule has 5 nitrogen and oxygen atoms in total. The van der Waals surface area contributed by atoms with Crippen LogP contribution in [-0.4, -0.2) is 17.3 Å². The van der Waals surface area contributed by atoms with Crippen LogP contribution >= 0.6 is 0 Å². The molecule has 2 N–H and O–H groups in total. The van der Waals surface area contributed by atoms with Gasteiger partial charge >= 0.3 is 0 Å². The number of anilines is 1. The maximum atomic E-state index is 12.2. The Morgan fingerprint density at radius 3 is 2.53 bits per heavy atom. The van der Waals surface area contributed by atoms with Crippen molar-refractivity contribution in [3.63, 3.8) is 0 Å². The SMILES string of the molecule is Nc1cccc2c1C(=O)C(C(=O)c1ccco1)C2=O. The summed E-state index contributed by atoms with van der Waals surface area (Å²) in [5.41, 5.74) is 6.25. The van der Waals surface area contributed by atoms with Gasteiger partial charge in [0.25, 0.3) is 0 Å². The Morgan fingerprint density at radius 2 is 1.89 bits per heavy atom. The number of carbonyl (C=O) groups excluding carboxylic acids is 3. The van der Waals surface area contributed by atoms with Gasteiger partial charge in [0.1, 0.15) is 0 Å². The number of rotatable bonds is 2. The molecular weight excluding hydrogens is 246 g/mol. The minimum atomic E-state index is -1.37. The number of Topliss-reactive ketones (excluding diaryl/α,β-unsaturated/α-hetero) is 3. The van der Waals surface area contributed by atoms with Gasteiger partial charge in [-0.1, -0.05) is 12.1 Å². The zero-order valence-corrected chi connectivity index (χ0v) is 9.75. The van der Waals surface area contributed by atoms with Crippen molar-refractivity contribution >= 4 is 23.0 Å². The molecule has 19 heavy (non-hydrogen) atoms. The van der Waals surface area contributed by atoms with E-state index in [4.69, 9.17) is 10.2 Å². The normalized spacial score (nSPS) is 17.6. The minimum absolute atomic E-state index is 0.00178. The first-order valence-corrected chi connectivity index (χ1v) is 5.66. The molecule has 0 fully saturated rings. The topological polar surface area (TPSA) is 90.4 Å². The molecule has 0 radical (unpaired) electrons. The summed E-state index contributed by atoms with van der Waals surface area (Å²) < 4.78 is 4.95. The molecule has 0 aliphatic heterocycles. The summed E-state index contributed by atoms with van der Waals surface area (Å²) in [5.74, 6) is -3.08. The van der Waals surface area contributed by atoms with Crippen LogP contribution in [0.3, 0.4) is 0 Å². The predicted octanol–water partition coefficient (Wildman–Crippen LogP) is 1.74. The van der Waals surface area contributed by atoms with Gasteiger partial charge in [-0.25, -0.2) is 0 Å². The Kier molecular flexibility index (Phi) is 2.35. The van der Waals surface area contributed by atoms with Crippen LogP contribution in [0.15, 0.2) is 41.0 Å². The maximum Gasteiger partial charge on any atom is 0.216 e. The van der Waals surface area contributed by atoms with Crippen LogP contribution in [0.4, 0.5) is 5.69 Å². The van der Waals surface area contributed by atoms with E-state index >= 15 is 0 Å². The summed E-state index contributed by atoms with van der Waals surface area (Å²) in [7, 11) is 0. The Balaban J connectivity index is 2.09. The first kappa shape index (κ1) is 11.4. The molecule has 0 spiro atoms. The van der Waals surface area contributed by atoms with Gasteiger partial charge in [0.15, 0.2) is 23.2 Å². The van der Waals surface area contributed by atoms with Crippen molar-refractivity contribution in [1.82, 2.24) is 0 Å². The molecule has 0 amide bonds. The van der Waals surface area contributed by atoms with Gasteiger partial charge in [0.2, 0.25) is 5.78 Å². The molecule has 2 aromatic rings. The highest BCUT2D eigenvalue weighted by molar-refractivity contribution is 6.38.